The second-order valence-corrected chi connectivity index (χ2v) is 6.09. The highest BCUT2D eigenvalue weighted by molar-refractivity contribution is 5.63. The van der Waals surface area contributed by atoms with Crippen LogP contribution in [0.15, 0.2) is 28.8 Å². The van der Waals surface area contributed by atoms with Crippen LogP contribution in [0.2, 0.25) is 0 Å². The van der Waals surface area contributed by atoms with E-state index in [2.05, 4.69) is 19.8 Å². The lowest BCUT2D eigenvalue weighted by Gasteiger charge is -2.29. The van der Waals surface area contributed by atoms with Crippen molar-refractivity contribution >= 4 is 0 Å². The SMILES string of the molecule is CN(Cc1nc(-c2ccccc2OC(F)F)no1)C1CCCCC1. The van der Waals surface area contributed by atoms with Gasteiger partial charge in [0.15, 0.2) is 0 Å². The van der Waals surface area contributed by atoms with Gasteiger partial charge in [-0.05, 0) is 32.0 Å². The van der Waals surface area contributed by atoms with Crippen LogP contribution in [0.5, 0.6) is 5.75 Å². The molecule has 2 aromatic rings. The summed E-state index contributed by atoms with van der Waals surface area (Å²) in [5.41, 5.74) is 0.396. The van der Waals surface area contributed by atoms with Crippen LogP contribution < -0.4 is 4.74 Å². The third-order valence-electron chi connectivity index (χ3n) is 4.39. The fraction of sp³-hybridized carbons (Fsp3) is 0.529. The first kappa shape index (κ1) is 16.8. The van der Waals surface area contributed by atoms with Crippen molar-refractivity contribution in [2.24, 2.45) is 0 Å². The highest BCUT2D eigenvalue weighted by atomic mass is 19.3. The van der Waals surface area contributed by atoms with E-state index in [1.165, 1.54) is 38.2 Å². The highest BCUT2D eigenvalue weighted by Gasteiger charge is 2.21. The first-order valence-corrected chi connectivity index (χ1v) is 8.20. The normalized spacial score (nSPS) is 16.0. The lowest BCUT2D eigenvalue weighted by atomic mass is 9.94. The Kier molecular flexibility index (Phi) is 5.40. The van der Waals surface area contributed by atoms with Crippen LogP contribution in [0.3, 0.4) is 0 Å². The minimum atomic E-state index is -2.89. The van der Waals surface area contributed by atoms with Crippen molar-refractivity contribution in [2.75, 3.05) is 7.05 Å². The number of hydrogen-bond acceptors (Lipinski definition) is 5. The summed E-state index contributed by atoms with van der Waals surface area (Å²) in [5, 5.41) is 3.91. The van der Waals surface area contributed by atoms with E-state index in [1.807, 2.05) is 7.05 Å². The molecule has 1 aromatic heterocycles. The maximum atomic E-state index is 12.5. The molecule has 1 aliphatic carbocycles. The summed E-state index contributed by atoms with van der Waals surface area (Å²) < 4.78 is 34.8. The lowest BCUT2D eigenvalue weighted by Crippen LogP contribution is -2.32. The van der Waals surface area contributed by atoms with Gasteiger partial charge >= 0.3 is 6.61 Å². The Morgan fingerprint density at radius 2 is 2.00 bits per heavy atom. The smallest absolute Gasteiger partial charge is 0.387 e. The number of halogens is 2. The van der Waals surface area contributed by atoms with Crippen LogP contribution in [0, 0.1) is 0 Å². The second kappa shape index (κ2) is 7.70. The standard InChI is InChI=1S/C17H21F2N3O2/c1-22(12-7-3-2-4-8-12)11-15-20-16(21-24-15)13-9-5-6-10-14(13)23-17(18)19/h5-6,9-10,12,17H,2-4,7-8,11H2,1H3. The van der Waals surface area contributed by atoms with E-state index in [0.717, 1.165) is 0 Å². The summed E-state index contributed by atoms with van der Waals surface area (Å²) in [4.78, 5) is 6.56. The topological polar surface area (TPSA) is 51.4 Å². The van der Waals surface area contributed by atoms with Gasteiger partial charge in [0.2, 0.25) is 11.7 Å². The van der Waals surface area contributed by atoms with E-state index in [4.69, 9.17) is 4.52 Å². The summed E-state index contributed by atoms with van der Waals surface area (Å²) in [6, 6.07) is 6.98. The quantitative estimate of drug-likeness (QED) is 0.794. The van der Waals surface area contributed by atoms with Gasteiger partial charge < -0.3 is 9.26 Å². The largest absolute Gasteiger partial charge is 0.434 e. The molecule has 0 atom stereocenters. The Labute approximate surface area is 139 Å². The number of aromatic nitrogens is 2. The van der Waals surface area contributed by atoms with Crippen molar-refractivity contribution in [1.29, 1.82) is 0 Å². The van der Waals surface area contributed by atoms with Gasteiger partial charge in [0.25, 0.3) is 0 Å². The van der Waals surface area contributed by atoms with Crippen LogP contribution in [0.25, 0.3) is 11.4 Å². The summed E-state index contributed by atoms with van der Waals surface area (Å²) >= 11 is 0. The molecular formula is C17H21F2N3O2. The van der Waals surface area contributed by atoms with Crippen molar-refractivity contribution in [2.45, 2.75) is 51.3 Å². The molecule has 5 nitrogen and oxygen atoms in total. The van der Waals surface area contributed by atoms with Crippen molar-refractivity contribution < 1.29 is 18.0 Å². The monoisotopic (exact) mass is 337 g/mol. The van der Waals surface area contributed by atoms with E-state index in [-0.39, 0.29) is 11.6 Å². The van der Waals surface area contributed by atoms with E-state index in [0.29, 0.717) is 24.0 Å². The minimum absolute atomic E-state index is 0.0421. The first-order valence-electron chi connectivity index (χ1n) is 8.20. The third-order valence-corrected chi connectivity index (χ3v) is 4.39. The van der Waals surface area contributed by atoms with Crippen LogP contribution in [-0.2, 0) is 6.54 Å². The number of ether oxygens (including phenoxy) is 1. The Hall–Kier alpha value is -2.02. The van der Waals surface area contributed by atoms with E-state index in [1.54, 1.807) is 18.2 Å². The Balaban J connectivity index is 1.71. The molecule has 0 amide bonds. The molecule has 1 fully saturated rings. The van der Waals surface area contributed by atoms with Crippen LogP contribution >= 0.6 is 0 Å². The van der Waals surface area contributed by atoms with Crippen molar-refractivity contribution in [3.8, 4) is 17.1 Å². The molecule has 1 saturated carbocycles. The van der Waals surface area contributed by atoms with Gasteiger partial charge in [-0.15, -0.1) is 0 Å². The second-order valence-electron chi connectivity index (χ2n) is 6.09. The summed E-state index contributed by atoms with van der Waals surface area (Å²) in [6.07, 6.45) is 6.17. The summed E-state index contributed by atoms with van der Waals surface area (Å²) in [7, 11) is 2.05. The van der Waals surface area contributed by atoms with Crippen molar-refractivity contribution in [1.82, 2.24) is 15.0 Å². The Morgan fingerprint density at radius 3 is 2.75 bits per heavy atom. The van der Waals surface area contributed by atoms with Gasteiger partial charge in [-0.1, -0.05) is 36.6 Å². The fourth-order valence-corrected chi connectivity index (χ4v) is 3.14. The molecule has 0 spiro atoms. The average molecular weight is 337 g/mol. The molecule has 7 heteroatoms. The number of hydrogen-bond donors (Lipinski definition) is 0. The summed E-state index contributed by atoms with van der Waals surface area (Å²) in [5.74, 6) is 0.781. The molecule has 24 heavy (non-hydrogen) atoms. The molecule has 0 aliphatic heterocycles. The molecule has 1 aromatic carbocycles. The van der Waals surface area contributed by atoms with Crippen molar-refractivity contribution in [3.05, 3.63) is 30.2 Å². The van der Waals surface area contributed by atoms with Crippen LogP contribution in [-0.4, -0.2) is 34.7 Å². The molecule has 0 N–H and O–H groups in total. The van der Waals surface area contributed by atoms with E-state index >= 15 is 0 Å². The zero-order valence-electron chi connectivity index (χ0n) is 13.6. The van der Waals surface area contributed by atoms with Gasteiger partial charge in [-0.25, -0.2) is 0 Å². The molecule has 1 heterocycles. The Bertz CT molecular complexity index is 657. The van der Waals surface area contributed by atoms with Gasteiger partial charge in [-0.2, -0.15) is 13.8 Å². The third kappa shape index (κ3) is 4.08. The number of para-hydroxylation sites is 1. The van der Waals surface area contributed by atoms with Crippen molar-refractivity contribution in [3.63, 3.8) is 0 Å². The number of benzene rings is 1. The first-order chi connectivity index (χ1) is 11.6. The van der Waals surface area contributed by atoms with Gasteiger partial charge in [0.05, 0.1) is 12.1 Å². The zero-order valence-corrected chi connectivity index (χ0v) is 13.6. The molecule has 3 rings (SSSR count). The molecule has 130 valence electrons. The van der Waals surface area contributed by atoms with Gasteiger partial charge in [0, 0.05) is 6.04 Å². The van der Waals surface area contributed by atoms with E-state index in [9.17, 15) is 8.78 Å². The van der Waals surface area contributed by atoms with E-state index < -0.39 is 6.61 Å². The number of alkyl halides is 2. The predicted octanol–water partition coefficient (Wildman–Crippen LogP) is 4.10. The molecule has 1 aliphatic rings. The van der Waals surface area contributed by atoms with Crippen LogP contribution in [0.1, 0.15) is 38.0 Å². The number of nitrogens with zero attached hydrogens (tertiary/aromatic N) is 3. The van der Waals surface area contributed by atoms with Gasteiger partial charge in [0.1, 0.15) is 5.75 Å². The molecule has 0 radical (unpaired) electrons. The number of rotatable bonds is 6. The zero-order chi connectivity index (χ0) is 16.9. The maximum Gasteiger partial charge on any atom is 0.387 e. The predicted molar refractivity (Wildman–Crippen MR) is 84.7 cm³/mol. The van der Waals surface area contributed by atoms with Crippen LogP contribution in [0.4, 0.5) is 8.78 Å². The molecule has 0 bridgehead atoms. The molecule has 0 unspecified atom stereocenters. The highest BCUT2D eigenvalue weighted by Crippen LogP contribution is 2.29. The average Bonchev–Trinajstić information content (AvgIpc) is 3.04. The Morgan fingerprint density at radius 1 is 1.25 bits per heavy atom. The lowest BCUT2D eigenvalue weighted by molar-refractivity contribution is -0.0494. The molecule has 0 saturated heterocycles. The fourth-order valence-electron chi connectivity index (χ4n) is 3.14. The van der Waals surface area contributed by atoms with Gasteiger partial charge in [-0.3, -0.25) is 4.90 Å². The molecular weight excluding hydrogens is 316 g/mol. The maximum absolute atomic E-state index is 12.5. The minimum Gasteiger partial charge on any atom is -0.434 e. The summed E-state index contributed by atoms with van der Waals surface area (Å²) in [6.45, 7) is -2.34.